The van der Waals surface area contributed by atoms with E-state index in [0.717, 1.165) is 12.8 Å². The van der Waals surface area contributed by atoms with Gasteiger partial charge in [0.25, 0.3) is 5.91 Å². The first-order valence-electron chi connectivity index (χ1n) is 7.11. The molecule has 0 aromatic carbocycles. The predicted molar refractivity (Wildman–Crippen MR) is 85.8 cm³/mol. The van der Waals surface area contributed by atoms with E-state index in [4.69, 9.17) is 18.0 Å². The molecule has 1 unspecified atom stereocenters. The van der Waals surface area contributed by atoms with Gasteiger partial charge in [0.2, 0.25) is 0 Å². The molecule has 110 valence electrons. The van der Waals surface area contributed by atoms with Crippen LogP contribution in [0, 0.1) is 0 Å². The standard InChI is InChI=1S/C15H23N3OS/c1-3-4-5-6-7-11(2)18-15(19)13-9-8-12(10-17-13)14(16)20/h8-11H,3-7H2,1-2H3,(H2,16,20)(H,18,19). The maximum atomic E-state index is 12.0. The molecule has 1 amide bonds. The molecule has 0 radical (unpaired) electrons. The second-order valence-corrected chi connectivity index (χ2v) is 5.46. The van der Waals surface area contributed by atoms with Crippen molar-refractivity contribution in [2.45, 2.75) is 52.0 Å². The van der Waals surface area contributed by atoms with Crippen LogP contribution in [-0.4, -0.2) is 21.9 Å². The lowest BCUT2D eigenvalue weighted by atomic mass is 10.1. The number of hydrogen-bond acceptors (Lipinski definition) is 3. The summed E-state index contributed by atoms with van der Waals surface area (Å²) in [6.45, 7) is 4.21. The molecule has 1 atom stereocenters. The number of unbranched alkanes of at least 4 members (excludes halogenated alkanes) is 3. The van der Waals surface area contributed by atoms with Gasteiger partial charge in [-0.15, -0.1) is 0 Å². The van der Waals surface area contributed by atoms with Crippen LogP contribution in [0.3, 0.4) is 0 Å². The van der Waals surface area contributed by atoms with Gasteiger partial charge in [0, 0.05) is 17.8 Å². The highest BCUT2D eigenvalue weighted by Gasteiger charge is 2.11. The van der Waals surface area contributed by atoms with Crippen LogP contribution in [0.25, 0.3) is 0 Å². The van der Waals surface area contributed by atoms with Gasteiger partial charge in [0.15, 0.2) is 0 Å². The summed E-state index contributed by atoms with van der Waals surface area (Å²) >= 11 is 4.85. The molecule has 0 fully saturated rings. The summed E-state index contributed by atoms with van der Waals surface area (Å²) in [5.41, 5.74) is 6.56. The van der Waals surface area contributed by atoms with Gasteiger partial charge >= 0.3 is 0 Å². The highest BCUT2D eigenvalue weighted by Crippen LogP contribution is 2.06. The summed E-state index contributed by atoms with van der Waals surface area (Å²) in [5, 5.41) is 2.96. The molecule has 0 aliphatic rings. The molecular formula is C15H23N3OS. The van der Waals surface area contributed by atoms with Crippen molar-refractivity contribution in [1.82, 2.24) is 10.3 Å². The van der Waals surface area contributed by atoms with Crippen LogP contribution >= 0.6 is 12.2 Å². The Morgan fingerprint density at radius 2 is 2.15 bits per heavy atom. The summed E-state index contributed by atoms with van der Waals surface area (Å²) in [7, 11) is 0. The minimum atomic E-state index is -0.150. The fourth-order valence-electron chi connectivity index (χ4n) is 1.92. The van der Waals surface area contributed by atoms with Crippen molar-refractivity contribution in [2.75, 3.05) is 0 Å². The minimum Gasteiger partial charge on any atom is -0.389 e. The molecule has 1 rings (SSSR count). The monoisotopic (exact) mass is 293 g/mol. The van der Waals surface area contributed by atoms with Crippen molar-refractivity contribution in [3.63, 3.8) is 0 Å². The summed E-state index contributed by atoms with van der Waals surface area (Å²) < 4.78 is 0. The van der Waals surface area contributed by atoms with Crippen molar-refractivity contribution < 1.29 is 4.79 Å². The lowest BCUT2D eigenvalue weighted by molar-refractivity contribution is 0.0933. The Kier molecular flexibility index (Phi) is 7.15. The van der Waals surface area contributed by atoms with Crippen molar-refractivity contribution in [3.05, 3.63) is 29.6 Å². The summed E-state index contributed by atoms with van der Waals surface area (Å²) in [6.07, 6.45) is 7.36. The number of thiocarbonyl (C=S) groups is 1. The molecule has 1 heterocycles. The molecule has 1 aromatic heterocycles. The van der Waals surface area contributed by atoms with E-state index >= 15 is 0 Å². The van der Waals surface area contributed by atoms with Gasteiger partial charge in [0.1, 0.15) is 10.7 Å². The molecule has 0 aliphatic heterocycles. The number of hydrogen-bond donors (Lipinski definition) is 2. The molecule has 0 spiro atoms. The first-order valence-corrected chi connectivity index (χ1v) is 7.52. The second-order valence-electron chi connectivity index (χ2n) is 5.02. The van der Waals surface area contributed by atoms with Gasteiger partial charge in [-0.1, -0.05) is 44.8 Å². The Balaban J connectivity index is 2.43. The third-order valence-electron chi connectivity index (χ3n) is 3.15. The highest BCUT2D eigenvalue weighted by atomic mass is 32.1. The summed E-state index contributed by atoms with van der Waals surface area (Å²) in [4.78, 5) is 16.4. The van der Waals surface area contributed by atoms with Crippen LogP contribution < -0.4 is 11.1 Å². The van der Waals surface area contributed by atoms with Gasteiger partial charge in [-0.05, 0) is 25.5 Å². The SMILES string of the molecule is CCCCCCC(C)NC(=O)c1ccc(C(N)=S)cn1. The average Bonchev–Trinajstić information content (AvgIpc) is 2.43. The van der Waals surface area contributed by atoms with E-state index in [0.29, 0.717) is 11.3 Å². The maximum Gasteiger partial charge on any atom is 0.270 e. The Bertz CT molecular complexity index is 445. The fourth-order valence-corrected chi connectivity index (χ4v) is 2.04. The van der Waals surface area contributed by atoms with Gasteiger partial charge in [-0.3, -0.25) is 9.78 Å². The Hall–Kier alpha value is -1.49. The molecule has 0 bridgehead atoms. The lowest BCUT2D eigenvalue weighted by Crippen LogP contribution is -2.33. The number of nitrogens with one attached hydrogen (secondary N) is 1. The quantitative estimate of drug-likeness (QED) is 0.571. The number of carbonyl (C=O) groups is 1. The molecule has 0 aliphatic carbocycles. The number of aromatic nitrogens is 1. The summed E-state index contributed by atoms with van der Waals surface area (Å²) in [5.74, 6) is -0.150. The first-order chi connectivity index (χ1) is 9.54. The smallest absolute Gasteiger partial charge is 0.270 e. The van der Waals surface area contributed by atoms with Crippen molar-refractivity contribution in [1.29, 1.82) is 0 Å². The van der Waals surface area contributed by atoms with Crippen LogP contribution in [0.15, 0.2) is 18.3 Å². The highest BCUT2D eigenvalue weighted by molar-refractivity contribution is 7.80. The van der Waals surface area contributed by atoms with E-state index in [2.05, 4.69) is 17.2 Å². The zero-order chi connectivity index (χ0) is 15.0. The maximum absolute atomic E-state index is 12.0. The Morgan fingerprint density at radius 1 is 1.40 bits per heavy atom. The lowest BCUT2D eigenvalue weighted by Gasteiger charge is -2.13. The van der Waals surface area contributed by atoms with Crippen LogP contribution in [0.4, 0.5) is 0 Å². The third kappa shape index (κ3) is 5.65. The topological polar surface area (TPSA) is 68.0 Å². The zero-order valence-corrected chi connectivity index (χ0v) is 13.0. The third-order valence-corrected chi connectivity index (χ3v) is 3.38. The largest absolute Gasteiger partial charge is 0.389 e. The van der Waals surface area contributed by atoms with Gasteiger partial charge in [-0.25, -0.2) is 0 Å². The van der Waals surface area contributed by atoms with E-state index in [9.17, 15) is 4.79 Å². The molecule has 5 heteroatoms. The van der Waals surface area contributed by atoms with Crippen LogP contribution in [0.2, 0.25) is 0 Å². The minimum absolute atomic E-state index is 0.150. The predicted octanol–water partition coefficient (Wildman–Crippen LogP) is 2.80. The molecule has 20 heavy (non-hydrogen) atoms. The van der Waals surface area contributed by atoms with Gasteiger partial charge in [0.05, 0.1) is 0 Å². The number of carbonyl (C=O) groups excluding carboxylic acids is 1. The van der Waals surface area contributed by atoms with Gasteiger partial charge < -0.3 is 11.1 Å². The number of rotatable bonds is 8. The molecule has 1 aromatic rings. The van der Waals surface area contributed by atoms with Gasteiger partial charge in [-0.2, -0.15) is 0 Å². The van der Waals surface area contributed by atoms with Crippen molar-refractivity contribution in [2.24, 2.45) is 5.73 Å². The number of amides is 1. The normalized spacial score (nSPS) is 11.9. The van der Waals surface area contributed by atoms with E-state index in [1.54, 1.807) is 12.1 Å². The fraction of sp³-hybridized carbons (Fsp3) is 0.533. The molecule has 0 saturated carbocycles. The average molecular weight is 293 g/mol. The van der Waals surface area contributed by atoms with Crippen LogP contribution in [0.5, 0.6) is 0 Å². The second kappa shape index (κ2) is 8.64. The molecular weight excluding hydrogens is 270 g/mol. The van der Waals surface area contributed by atoms with E-state index in [-0.39, 0.29) is 16.9 Å². The number of nitrogens with two attached hydrogens (primary N) is 1. The van der Waals surface area contributed by atoms with E-state index in [1.807, 2.05) is 6.92 Å². The zero-order valence-electron chi connectivity index (χ0n) is 12.2. The van der Waals surface area contributed by atoms with E-state index < -0.39 is 0 Å². The number of pyridine rings is 1. The van der Waals surface area contributed by atoms with Crippen molar-refractivity contribution in [3.8, 4) is 0 Å². The number of nitrogens with zero attached hydrogens (tertiary/aromatic N) is 1. The van der Waals surface area contributed by atoms with E-state index in [1.165, 1.54) is 25.5 Å². The molecule has 0 saturated heterocycles. The Morgan fingerprint density at radius 3 is 2.70 bits per heavy atom. The van der Waals surface area contributed by atoms with Crippen LogP contribution in [-0.2, 0) is 0 Å². The molecule has 4 nitrogen and oxygen atoms in total. The molecule has 3 N–H and O–H groups in total. The summed E-state index contributed by atoms with van der Waals surface area (Å²) in [6, 6.07) is 3.53. The van der Waals surface area contributed by atoms with Crippen LogP contribution in [0.1, 0.15) is 62.0 Å². The van der Waals surface area contributed by atoms with Crippen molar-refractivity contribution >= 4 is 23.1 Å². The first kappa shape index (κ1) is 16.6. The Labute approximate surface area is 126 Å².